The molecule has 5 nitrogen and oxygen atoms in total. The average Bonchev–Trinajstić information content (AvgIpc) is 3.08. The van der Waals surface area contributed by atoms with Gasteiger partial charge in [-0.05, 0) is 38.8 Å². The lowest BCUT2D eigenvalue weighted by Gasteiger charge is -2.15. The number of rotatable bonds is 2. The number of nitrogens with one attached hydrogen (secondary N) is 1. The molecule has 1 N–H and O–H groups in total. The molecule has 0 aromatic carbocycles. The van der Waals surface area contributed by atoms with E-state index in [0.29, 0.717) is 0 Å². The zero-order chi connectivity index (χ0) is 13.5. The smallest absolute Gasteiger partial charge is 0.275 e. The molecule has 0 unspecified atom stereocenters. The first kappa shape index (κ1) is 11.9. The van der Waals surface area contributed by atoms with Crippen LogP contribution in [-0.4, -0.2) is 32.6 Å². The van der Waals surface area contributed by atoms with Crippen molar-refractivity contribution in [3.8, 4) is 0 Å². The Kier molecular flexibility index (Phi) is 2.73. The predicted molar refractivity (Wildman–Crippen MR) is 77.7 cm³/mol. The summed E-state index contributed by atoms with van der Waals surface area (Å²) < 4.78 is 1.85. The Morgan fingerprint density at radius 2 is 2.15 bits per heavy atom. The van der Waals surface area contributed by atoms with E-state index in [9.17, 15) is 4.79 Å². The second kappa shape index (κ2) is 4.59. The molecule has 2 aromatic rings. The van der Waals surface area contributed by atoms with Crippen LogP contribution >= 0.6 is 0 Å². The normalized spacial score (nSPS) is 18.8. The number of hydrogen-bond donors (Lipinski definition) is 1. The number of H-pyrrole nitrogens is 1. The highest BCUT2D eigenvalue weighted by molar-refractivity contribution is 5.71. The molecule has 2 aliphatic rings. The maximum Gasteiger partial charge on any atom is 0.275 e. The van der Waals surface area contributed by atoms with E-state index in [4.69, 9.17) is 0 Å². The SMILES string of the molecule is O=c1[nH]cnn2c3c(c(CN4CCCC4)c12)C=CCC3. The summed E-state index contributed by atoms with van der Waals surface area (Å²) in [5, 5.41) is 4.36. The Bertz CT molecular complexity index is 734. The minimum Gasteiger partial charge on any atom is -0.310 e. The highest BCUT2D eigenvalue weighted by atomic mass is 16.1. The molecule has 0 atom stereocenters. The van der Waals surface area contributed by atoms with Gasteiger partial charge in [0.1, 0.15) is 11.8 Å². The van der Waals surface area contributed by atoms with Crippen LogP contribution in [0.3, 0.4) is 0 Å². The molecule has 0 saturated carbocycles. The zero-order valence-electron chi connectivity index (χ0n) is 11.4. The third-order valence-corrected chi connectivity index (χ3v) is 4.39. The molecule has 104 valence electrons. The summed E-state index contributed by atoms with van der Waals surface area (Å²) in [6.07, 6.45) is 10.4. The van der Waals surface area contributed by atoms with Crippen molar-refractivity contribution in [2.75, 3.05) is 13.1 Å². The molecule has 0 amide bonds. The van der Waals surface area contributed by atoms with Crippen molar-refractivity contribution in [3.63, 3.8) is 0 Å². The van der Waals surface area contributed by atoms with Gasteiger partial charge >= 0.3 is 0 Å². The van der Waals surface area contributed by atoms with Crippen molar-refractivity contribution in [2.24, 2.45) is 0 Å². The fourth-order valence-corrected chi connectivity index (χ4v) is 3.44. The molecule has 4 rings (SSSR count). The second-order valence-electron chi connectivity index (χ2n) is 5.64. The van der Waals surface area contributed by atoms with E-state index in [2.05, 4.69) is 27.1 Å². The predicted octanol–water partition coefficient (Wildman–Crippen LogP) is 1.58. The number of aromatic nitrogens is 3. The van der Waals surface area contributed by atoms with Gasteiger partial charge in [0, 0.05) is 17.7 Å². The molecule has 0 bridgehead atoms. The summed E-state index contributed by atoms with van der Waals surface area (Å²) >= 11 is 0. The van der Waals surface area contributed by atoms with Crippen LogP contribution < -0.4 is 5.56 Å². The molecule has 0 spiro atoms. The monoisotopic (exact) mass is 270 g/mol. The van der Waals surface area contributed by atoms with Gasteiger partial charge in [-0.1, -0.05) is 12.2 Å². The van der Waals surface area contributed by atoms with E-state index in [1.54, 1.807) is 0 Å². The van der Waals surface area contributed by atoms with E-state index in [-0.39, 0.29) is 5.56 Å². The number of hydrogen-bond acceptors (Lipinski definition) is 3. The number of allylic oxidation sites excluding steroid dienone is 1. The largest absolute Gasteiger partial charge is 0.310 e. The van der Waals surface area contributed by atoms with Gasteiger partial charge in [-0.15, -0.1) is 0 Å². The Morgan fingerprint density at radius 3 is 3.00 bits per heavy atom. The lowest BCUT2D eigenvalue weighted by atomic mass is 10.0. The fraction of sp³-hybridized carbons (Fsp3) is 0.467. The molecular weight excluding hydrogens is 252 g/mol. The highest BCUT2D eigenvalue weighted by Crippen LogP contribution is 2.28. The van der Waals surface area contributed by atoms with Crippen molar-refractivity contribution in [3.05, 3.63) is 39.6 Å². The molecule has 1 aliphatic carbocycles. The molecule has 2 aromatic heterocycles. The van der Waals surface area contributed by atoms with Crippen molar-refractivity contribution in [2.45, 2.75) is 32.2 Å². The third-order valence-electron chi connectivity index (χ3n) is 4.39. The number of likely N-dealkylation sites (tertiary alicyclic amines) is 1. The Balaban J connectivity index is 1.93. The first-order valence-corrected chi connectivity index (χ1v) is 7.33. The topological polar surface area (TPSA) is 53.4 Å². The molecule has 0 radical (unpaired) electrons. The number of aryl methyl sites for hydroxylation is 1. The van der Waals surface area contributed by atoms with Crippen LogP contribution in [0.15, 0.2) is 17.2 Å². The summed E-state index contributed by atoms with van der Waals surface area (Å²) in [6, 6.07) is 0. The van der Waals surface area contributed by atoms with Gasteiger partial charge in [-0.3, -0.25) is 9.69 Å². The molecule has 1 fully saturated rings. The Morgan fingerprint density at radius 1 is 1.30 bits per heavy atom. The van der Waals surface area contributed by atoms with Crippen LogP contribution in [0.2, 0.25) is 0 Å². The van der Waals surface area contributed by atoms with Crippen LogP contribution in [0.1, 0.15) is 36.1 Å². The molecular formula is C15H18N4O. The zero-order valence-corrected chi connectivity index (χ0v) is 11.4. The summed E-state index contributed by atoms with van der Waals surface area (Å²) in [5.74, 6) is 0. The van der Waals surface area contributed by atoms with Gasteiger partial charge in [0.2, 0.25) is 0 Å². The maximum atomic E-state index is 12.2. The second-order valence-corrected chi connectivity index (χ2v) is 5.64. The molecule has 1 aliphatic heterocycles. The van der Waals surface area contributed by atoms with E-state index >= 15 is 0 Å². The van der Waals surface area contributed by atoms with Crippen molar-refractivity contribution >= 4 is 11.6 Å². The quantitative estimate of drug-likeness (QED) is 0.901. The molecule has 3 heterocycles. The van der Waals surface area contributed by atoms with Crippen LogP contribution in [0.4, 0.5) is 0 Å². The summed E-state index contributed by atoms with van der Waals surface area (Å²) in [7, 11) is 0. The Hall–Kier alpha value is -1.88. The van der Waals surface area contributed by atoms with Gasteiger partial charge in [-0.2, -0.15) is 5.10 Å². The van der Waals surface area contributed by atoms with E-state index in [0.717, 1.165) is 43.6 Å². The third kappa shape index (κ3) is 1.73. The van der Waals surface area contributed by atoms with Gasteiger partial charge in [0.25, 0.3) is 5.56 Å². The number of fused-ring (bicyclic) bond motifs is 3. The van der Waals surface area contributed by atoms with E-state index in [1.807, 2.05) is 4.52 Å². The van der Waals surface area contributed by atoms with Gasteiger partial charge in [0.15, 0.2) is 0 Å². The van der Waals surface area contributed by atoms with Crippen molar-refractivity contribution in [1.82, 2.24) is 19.5 Å². The van der Waals surface area contributed by atoms with Crippen molar-refractivity contribution < 1.29 is 0 Å². The molecule has 1 saturated heterocycles. The first-order valence-electron chi connectivity index (χ1n) is 7.33. The van der Waals surface area contributed by atoms with Crippen LogP contribution in [0.25, 0.3) is 11.6 Å². The van der Waals surface area contributed by atoms with Crippen LogP contribution in [-0.2, 0) is 13.0 Å². The summed E-state index contributed by atoms with van der Waals surface area (Å²) in [4.78, 5) is 17.4. The summed E-state index contributed by atoms with van der Waals surface area (Å²) in [5.41, 5.74) is 4.25. The minimum atomic E-state index is -0.0306. The molecule has 20 heavy (non-hydrogen) atoms. The van der Waals surface area contributed by atoms with Crippen molar-refractivity contribution in [1.29, 1.82) is 0 Å². The highest BCUT2D eigenvalue weighted by Gasteiger charge is 2.23. The van der Waals surface area contributed by atoms with Gasteiger partial charge in [-0.25, -0.2) is 4.52 Å². The van der Waals surface area contributed by atoms with E-state index in [1.165, 1.54) is 30.4 Å². The average molecular weight is 270 g/mol. The summed E-state index contributed by atoms with van der Waals surface area (Å²) in [6.45, 7) is 3.12. The Labute approximate surface area is 116 Å². The number of nitrogens with zero attached hydrogens (tertiary/aromatic N) is 3. The molecule has 5 heteroatoms. The lowest BCUT2D eigenvalue weighted by Crippen LogP contribution is -2.20. The number of aromatic amines is 1. The van der Waals surface area contributed by atoms with E-state index < -0.39 is 0 Å². The minimum absolute atomic E-state index is 0.0306. The van der Waals surface area contributed by atoms with Gasteiger partial charge < -0.3 is 4.98 Å². The standard InChI is InChI=1S/C15H18N4O/c20-15-14-12(9-18-7-3-4-8-18)11-5-1-2-6-13(11)19(14)17-10-16-15/h1,5,10H,2-4,6-9H2,(H,16,17,20). The van der Waals surface area contributed by atoms with Crippen LogP contribution in [0.5, 0.6) is 0 Å². The van der Waals surface area contributed by atoms with Gasteiger partial charge in [0.05, 0.1) is 5.69 Å². The first-order chi connectivity index (χ1) is 9.84. The van der Waals surface area contributed by atoms with Crippen LogP contribution in [0, 0.1) is 0 Å². The fourth-order valence-electron chi connectivity index (χ4n) is 3.44. The lowest BCUT2D eigenvalue weighted by molar-refractivity contribution is 0.332. The maximum absolute atomic E-state index is 12.2.